The highest BCUT2D eigenvalue weighted by molar-refractivity contribution is 5.83. The second-order valence-corrected chi connectivity index (χ2v) is 9.39. The van der Waals surface area contributed by atoms with E-state index in [4.69, 9.17) is 4.74 Å². The minimum Gasteiger partial charge on any atom is -0.497 e. The van der Waals surface area contributed by atoms with E-state index in [2.05, 4.69) is 33.9 Å². The van der Waals surface area contributed by atoms with Crippen LogP contribution in [0.5, 0.6) is 5.75 Å². The lowest BCUT2D eigenvalue weighted by Crippen LogP contribution is -2.41. The number of aryl methyl sites for hydroxylation is 1. The molecule has 3 aromatic rings. The highest BCUT2D eigenvalue weighted by Gasteiger charge is 2.28. The molecule has 0 radical (unpaired) electrons. The number of methoxy groups -OCH3 is 1. The minimum absolute atomic E-state index is 0.236. The first-order valence-electron chi connectivity index (χ1n) is 12.5. The average Bonchev–Trinajstić information content (AvgIpc) is 2.88. The third-order valence-corrected chi connectivity index (χ3v) is 7.07. The van der Waals surface area contributed by atoms with Crippen LogP contribution in [0.25, 0.3) is 10.9 Å². The summed E-state index contributed by atoms with van der Waals surface area (Å²) < 4.78 is 5.41. The summed E-state index contributed by atoms with van der Waals surface area (Å²) in [5, 5.41) is 10.4. The number of ether oxygens (including phenoxy) is 1. The van der Waals surface area contributed by atoms with Gasteiger partial charge in [0.25, 0.3) is 0 Å². The number of nitrogens with zero attached hydrogens (tertiary/aromatic N) is 2. The van der Waals surface area contributed by atoms with E-state index in [9.17, 15) is 9.90 Å². The van der Waals surface area contributed by atoms with Crippen LogP contribution < -0.4 is 4.74 Å². The number of likely N-dealkylation sites (tertiary alicyclic amines) is 1. The van der Waals surface area contributed by atoms with Crippen LogP contribution in [0.15, 0.2) is 60.8 Å². The predicted octanol–water partition coefficient (Wildman–Crippen LogP) is 5.42. The molecule has 0 amide bonds. The van der Waals surface area contributed by atoms with E-state index in [0.29, 0.717) is 11.8 Å². The number of carbonyl (C=O) groups is 1. The van der Waals surface area contributed by atoms with Gasteiger partial charge in [-0.2, -0.15) is 0 Å². The van der Waals surface area contributed by atoms with Crippen molar-refractivity contribution in [1.29, 1.82) is 0 Å². The van der Waals surface area contributed by atoms with Crippen molar-refractivity contribution in [2.24, 2.45) is 11.8 Å². The largest absolute Gasteiger partial charge is 0.497 e. The predicted molar refractivity (Wildman–Crippen MR) is 139 cm³/mol. The number of aromatic nitrogens is 1. The minimum atomic E-state index is -0.707. The Balaban J connectivity index is 1.35. The van der Waals surface area contributed by atoms with Crippen molar-refractivity contribution in [2.45, 2.75) is 38.5 Å². The fraction of sp³-hybridized carbons (Fsp3) is 0.400. The lowest BCUT2D eigenvalue weighted by atomic mass is 9.79. The van der Waals surface area contributed by atoms with E-state index in [1.807, 2.05) is 48.7 Å². The van der Waals surface area contributed by atoms with Crippen LogP contribution in [0.4, 0.5) is 0 Å². The first-order valence-corrected chi connectivity index (χ1v) is 12.5. The number of fused-ring (bicyclic) bond motifs is 1. The smallest absolute Gasteiger partial charge is 0.303 e. The number of carboxylic acids is 1. The number of hydrogen-bond donors (Lipinski definition) is 1. The Bertz CT molecular complexity index is 1180. The van der Waals surface area contributed by atoms with Gasteiger partial charge in [-0.1, -0.05) is 30.0 Å². The molecule has 1 aliphatic rings. The van der Waals surface area contributed by atoms with Gasteiger partial charge >= 0.3 is 5.97 Å². The molecule has 0 spiro atoms. The topological polar surface area (TPSA) is 62.7 Å². The number of benzene rings is 2. The third-order valence-electron chi connectivity index (χ3n) is 7.07. The van der Waals surface area contributed by atoms with Crippen LogP contribution in [0, 0.1) is 23.7 Å². The van der Waals surface area contributed by atoms with Crippen LogP contribution in [0.3, 0.4) is 0 Å². The zero-order valence-corrected chi connectivity index (χ0v) is 20.5. The molecule has 182 valence electrons. The number of pyridine rings is 1. The van der Waals surface area contributed by atoms with Crippen LogP contribution in [-0.4, -0.2) is 47.7 Å². The van der Waals surface area contributed by atoms with Gasteiger partial charge in [-0.25, -0.2) is 0 Å². The molecule has 1 saturated heterocycles. The van der Waals surface area contributed by atoms with Crippen molar-refractivity contribution in [2.75, 3.05) is 26.7 Å². The fourth-order valence-electron chi connectivity index (χ4n) is 5.17. The monoisotopic (exact) mass is 470 g/mol. The molecule has 5 nitrogen and oxygen atoms in total. The summed E-state index contributed by atoms with van der Waals surface area (Å²) in [5.41, 5.74) is 3.32. The summed E-state index contributed by atoms with van der Waals surface area (Å²) in [6.45, 7) is 2.68. The highest BCUT2D eigenvalue weighted by Crippen LogP contribution is 2.32. The number of piperidine rings is 1. The maximum Gasteiger partial charge on any atom is 0.303 e. The fourth-order valence-corrected chi connectivity index (χ4v) is 5.17. The molecule has 1 N–H and O–H groups in total. The van der Waals surface area contributed by atoms with Gasteiger partial charge in [0.1, 0.15) is 5.75 Å². The van der Waals surface area contributed by atoms with Gasteiger partial charge in [0, 0.05) is 30.1 Å². The van der Waals surface area contributed by atoms with E-state index < -0.39 is 5.97 Å². The third kappa shape index (κ3) is 7.07. The van der Waals surface area contributed by atoms with Gasteiger partial charge in [0.2, 0.25) is 0 Å². The summed E-state index contributed by atoms with van der Waals surface area (Å²) in [7, 11) is 1.69. The van der Waals surface area contributed by atoms with E-state index in [1.54, 1.807) is 7.11 Å². The molecule has 4 rings (SSSR count). The lowest BCUT2D eigenvalue weighted by Gasteiger charge is -2.38. The summed E-state index contributed by atoms with van der Waals surface area (Å²) >= 11 is 0. The zero-order valence-electron chi connectivity index (χ0n) is 20.5. The molecular formula is C30H34N2O3. The first-order chi connectivity index (χ1) is 17.1. The van der Waals surface area contributed by atoms with E-state index in [0.717, 1.165) is 74.0 Å². The normalized spacial score (nSPS) is 18.1. The first kappa shape index (κ1) is 24.8. The van der Waals surface area contributed by atoms with Crippen LogP contribution >= 0.6 is 0 Å². The average molecular weight is 471 g/mol. The second-order valence-electron chi connectivity index (χ2n) is 9.39. The maximum atomic E-state index is 11.3. The van der Waals surface area contributed by atoms with Crippen molar-refractivity contribution in [1.82, 2.24) is 9.88 Å². The summed E-state index contributed by atoms with van der Waals surface area (Å²) in [6.07, 6.45) is 7.13. The Morgan fingerprint density at radius 3 is 2.80 bits per heavy atom. The van der Waals surface area contributed by atoms with Gasteiger partial charge in [0.05, 0.1) is 19.2 Å². The Morgan fingerprint density at radius 2 is 2.00 bits per heavy atom. The summed E-state index contributed by atoms with van der Waals surface area (Å²) in [4.78, 5) is 18.2. The Hall–Kier alpha value is -3.36. The molecule has 1 aliphatic heterocycles. The zero-order chi connectivity index (χ0) is 24.5. The molecule has 35 heavy (non-hydrogen) atoms. The molecule has 2 aromatic carbocycles. The molecule has 2 atom stereocenters. The molecule has 1 aromatic heterocycles. The van der Waals surface area contributed by atoms with Crippen LogP contribution in [-0.2, 0) is 11.2 Å². The molecule has 0 saturated carbocycles. The van der Waals surface area contributed by atoms with Crippen molar-refractivity contribution in [3.8, 4) is 17.6 Å². The standard InChI is InChI=1S/C30H34N2O3/c1-35-27-13-14-29-28(21-27)25(16-18-31-29)11-5-10-24-17-20-32(22-26(24)12-15-30(33)34)19-6-9-23-7-3-2-4-8-23/h2-4,7-8,13-14,16,18,21,24,26H,5,10-12,15,17,19-20,22H2,1H3,(H,33,34)/t24-,26+/m1/s1. The van der Waals surface area contributed by atoms with Gasteiger partial charge in [-0.15, -0.1) is 0 Å². The lowest BCUT2D eigenvalue weighted by molar-refractivity contribution is -0.137. The van der Waals surface area contributed by atoms with Crippen molar-refractivity contribution in [3.63, 3.8) is 0 Å². The molecule has 0 bridgehead atoms. The highest BCUT2D eigenvalue weighted by atomic mass is 16.5. The van der Waals surface area contributed by atoms with E-state index in [-0.39, 0.29) is 6.42 Å². The van der Waals surface area contributed by atoms with Gasteiger partial charge < -0.3 is 9.84 Å². The summed E-state index contributed by atoms with van der Waals surface area (Å²) in [6, 6.07) is 18.2. The Labute approximate surface area is 208 Å². The SMILES string of the molecule is COc1ccc2nccc(CCC[C@@H]3CCN(CC#Cc4ccccc4)C[C@@H]3CCC(=O)O)c2c1. The van der Waals surface area contributed by atoms with E-state index >= 15 is 0 Å². The number of carboxylic acid groups (broad SMARTS) is 1. The summed E-state index contributed by atoms with van der Waals surface area (Å²) in [5.74, 6) is 7.64. The number of rotatable bonds is 9. The number of aliphatic carboxylic acids is 1. The number of hydrogen-bond acceptors (Lipinski definition) is 4. The van der Waals surface area contributed by atoms with Crippen molar-refractivity contribution in [3.05, 3.63) is 71.9 Å². The quantitative estimate of drug-likeness (QED) is 0.423. The molecule has 0 aliphatic carbocycles. The Morgan fingerprint density at radius 1 is 1.14 bits per heavy atom. The van der Waals surface area contributed by atoms with E-state index in [1.165, 1.54) is 5.56 Å². The van der Waals surface area contributed by atoms with Crippen LogP contribution in [0.2, 0.25) is 0 Å². The van der Waals surface area contributed by atoms with Crippen molar-refractivity contribution >= 4 is 16.9 Å². The van der Waals surface area contributed by atoms with Crippen molar-refractivity contribution < 1.29 is 14.6 Å². The molecular weight excluding hydrogens is 436 g/mol. The Kier molecular flexibility index (Phi) is 8.75. The second kappa shape index (κ2) is 12.4. The molecule has 1 fully saturated rings. The molecule has 0 unspecified atom stereocenters. The van der Waals surface area contributed by atoms with Gasteiger partial charge in [-0.3, -0.25) is 14.7 Å². The van der Waals surface area contributed by atoms with Crippen LogP contribution in [0.1, 0.15) is 43.2 Å². The maximum absolute atomic E-state index is 11.3. The molecule has 5 heteroatoms. The van der Waals surface area contributed by atoms with Gasteiger partial charge in [0.15, 0.2) is 0 Å². The van der Waals surface area contributed by atoms with Gasteiger partial charge in [-0.05, 0) is 92.4 Å². The molecule has 2 heterocycles.